The SMILES string of the molecule is CCCCC/C=C\C/C=C\C/C=C\CCCCCCCCC(=O)OCC(COP(=O)(O)OCC(CO)OC(=O)CCCCCCCCCCCCC)OC(=O)CCCCCCCCCCCCCCCCC. The third-order valence-electron chi connectivity index (χ3n) is 13.1. The molecular weight excluding hydrogens is 928 g/mol. The first-order chi connectivity index (χ1) is 35.2. The minimum absolute atomic E-state index is 0.170. The highest BCUT2D eigenvalue weighted by Gasteiger charge is 2.28. The van der Waals surface area contributed by atoms with Crippen molar-refractivity contribution in [1.29, 1.82) is 0 Å². The molecule has 0 aliphatic heterocycles. The van der Waals surface area contributed by atoms with Crippen LogP contribution in [0.4, 0.5) is 0 Å². The van der Waals surface area contributed by atoms with Gasteiger partial charge in [0.1, 0.15) is 12.7 Å². The molecule has 3 unspecified atom stereocenters. The van der Waals surface area contributed by atoms with E-state index in [9.17, 15) is 28.9 Å². The Kier molecular flexibility index (Phi) is 53.2. The lowest BCUT2D eigenvalue weighted by Gasteiger charge is -2.21. The zero-order chi connectivity index (χ0) is 52.7. The Labute approximate surface area is 441 Å². The monoisotopic (exact) mass is 1040 g/mol. The molecule has 12 heteroatoms. The van der Waals surface area contributed by atoms with Crippen molar-refractivity contribution in [2.24, 2.45) is 0 Å². The van der Waals surface area contributed by atoms with Crippen molar-refractivity contribution >= 4 is 25.7 Å². The molecule has 0 spiro atoms. The second kappa shape index (κ2) is 54.9. The first kappa shape index (κ1) is 69.7. The average molecular weight is 1040 g/mol. The van der Waals surface area contributed by atoms with Crippen LogP contribution in [-0.4, -0.2) is 66.5 Å². The first-order valence-electron chi connectivity index (χ1n) is 29.9. The van der Waals surface area contributed by atoms with E-state index in [-0.39, 0.29) is 25.9 Å². The number of ether oxygens (including phenoxy) is 3. The van der Waals surface area contributed by atoms with Gasteiger partial charge in [-0.1, -0.05) is 250 Å². The number of aliphatic hydroxyl groups is 1. The smallest absolute Gasteiger partial charge is 0.462 e. The Hall–Kier alpha value is -2.30. The van der Waals surface area contributed by atoms with Gasteiger partial charge in [0.25, 0.3) is 0 Å². The van der Waals surface area contributed by atoms with Gasteiger partial charge in [0.05, 0.1) is 19.8 Å². The Bertz CT molecular complexity index is 1350. The van der Waals surface area contributed by atoms with E-state index in [1.165, 1.54) is 141 Å². The maximum atomic E-state index is 12.9. The number of phosphoric acid groups is 1. The molecule has 0 heterocycles. The molecule has 0 aromatic rings. The number of aliphatic hydroxyl groups excluding tert-OH is 1. The number of carbonyl (C=O) groups excluding carboxylic acids is 3. The maximum Gasteiger partial charge on any atom is 0.472 e. The van der Waals surface area contributed by atoms with Gasteiger partial charge < -0.3 is 24.2 Å². The van der Waals surface area contributed by atoms with Crippen molar-refractivity contribution in [3.63, 3.8) is 0 Å². The van der Waals surface area contributed by atoms with Crippen LogP contribution in [0.15, 0.2) is 36.5 Å². The quantitative estimate of drug-likeness (QED) is 0.0197. The summed E-state index contributed by atoms with van der Waals surface area (Å²) < 4.78 is 39.5. The molecule has 0 bridgehead atoms. The summed E-state index contributed by atoms with van der Waals surface area (Å²) in [5, 5.41) is 9.80. The number of carbonyl (C=O) groups is 3. The molecule has 0 aromatic carbocycles. The van der Waals surface area contributed by atoms with E-state index in [1.54, 1.807) is 0 Å². The van der Waals surface area contributed by atoms with Gasteiger partial charge in [-0.25, -0.2) is 4.57 Å². The molecule has 0 saturated carbocycles. The average Bonchev–Trinajstić information content (AvgIpc) is 3.37. The fourth-order valence-corrected chi connectivity index (χ4v) is 9.27. The molecule has 0 rings (SSSR count). The van der Waals surface area contributed by atoms with Crippen molar-refractivity contribution in [3.8, 4) is 0 Å². The molecule has 0 aliphatic carbocycles. The zero-order valence-corrected chi connectivity index (χ0v) is 47.6. The molecule has 422 valence electrons. The van der Waals surface area contributed by atoms with E-state index in [1.807, 2.05) is 0 Å². The molecule has 0 aromatic heterocycles. The fourth-order valence-electron chi connectivity index (χ4n) is 8.48. The number of esters is 3. The van der Waals surface area contributed by atoms with Crippen LogP contribution in [0.3, 0.4) is 0 Å². The van der Waals surface area contributed by atoms with Crippen molar-refractivity contribution in [1.82, 2.24) is 0 Å². The minimum Gasteiger partial charge on any atom is -0.462 e. The summed E-state index contributed by atoms with van der Waals surface area (Å²) in [6.07, 6.45) is 56.7. The topological polar surface area (TPSA) is 155 Å². The number of phosphoric ester groups is 1. The van der Waals surface area contributed by atoms with Gasteiger partial charge in [0.15, 0.2) is 6.10 Å². The second-order valence-corrected chi connectivity index (χ2v) is 21.6. The van der Waals surface area contributed by atoms with E-state index in [0.717, 1.165) is 89.9 Å². The molecule has 3 atom stereocenters. The van der Waals surface area contributed by atoms with Crippen molar-refractivity contribution in [2.45, 2.75) is 303 Å². The highest BCUT2D eigenvalue weighted by atomic mass is 31.2. The van der Waals surface area contributed by atoms with Gasteiger partial charge in [-0.2, -0.15) is 0 Å². The zero-order valence-electron chi connectivity index (χ0n) is 46.7. The fraction of sp³-hybridized carbons (Fsp3) is 0.850. The van der Waals surface area contributed by atoms with Crippen LogP contribution < -0.4 is 0 Å². The normalized spacial score (nSPS) is 13.6. The molecular formula is C60H111O11P. The van der Waals surface area contributed by atoms with E-state index in [2.05, 4.69) is 57.2 Å². The summed E-state index contributed by atoms with van der Waals surface area (Å²) in [6.45, 7) is 4.64. The van der Waals surface area contributed by atoms with E-state index < -0.39 is 57.8 Å². The lowest BCUT2D eigenvalue weighted by molar-refractivity contribution is -0.161. The molecule has 72 heavy (non-hydrogen) atoms. The number of rotatable bonds is 56. The van der Waals surface area contributed by atoms with E-state index >= 15 is 0 Å². The van der Waals surface area contributed by atoms with Gasteiger partial charge in [0.2, 0.25) is 0 Å². The van der Waals surface area contributed by atoms with Crippen LogP contribution >= 0.6 is 7.82 Å². The third kappa shape index (κ3) is 52.6. The van der Waals surface area contributed by atoms with Crippen molar-refractivity contribution < 1.29 is 52.2 Å². The third-order valence-corrected chi connectivity index (χ3v) is 14.0. The van der Waals surface area contributed by atoms with Gasteiger partial charge in [0, 0.05) is 19.3 Å². The highest BCUT2D eigenvalue weighted by Crippen LogP contribution is 2.43. The lowest BCUT2D eigenvalue weighted by atomic mass is 10.0. The lowest BCUT2D eigenvalue weighted by Crippen LogP contribution is -2.30. The van der Waals surface area contributed by atoms with Crippen LogP contribution in [0, 0.1) is 0 Å². The summed E-state index contributed by atoms with van der Waals surface area (Å²) in [4.78, 5) is 48.5. The van der Waals surface area contributed by atoms with Crippen LogP contribution in [0.1, 0.15) is 290 Å². The molecule has 0 aliphatic rings. The first-order valence-corrected chi connectivity index (χ1v) is 31.4. The Morgan fingerprint density at radius 1 is 0.389 bits per heavy atom. The second-order valence-electron chi connectivity index (χ2n) is 20.2. The Morgan fingerprint density at radius 2 is 0.681 bits per heavy atom. The number of hydrogen-bond acceptors (Lipinski definition) is 10. The van der Waals surface area contributed by atoms with Gasteiger partial charge in [-0.3, -0.25) is 23.4 Å². The highest BCUT2D eigenvalue weighted by molar-refractivity contribution is 7.47. The van der Waals surface area contributed by atoms with Gasteiger partial charge >= 0.3 is 25.7 Å². The molecule has 11 nitrogen and oxygen atoms in total. The summed E-state index contributed by atoms with van der Waals surface area (Å²) >= 11 is 0. The minimum atomic E-state index is -4.74. The predicted octanol–water partition coefficient (Wildman–Crippen LogP) is 17.6. The van der Waals surface area contributed by atoms with Gasteiger partial charge in [-0.15, -0.1) is 0 Å². The number of allylic oxidation sites excluding steroid dienone is 6. The van der Waals surface area contributed by atoms with Crippen molar-refractivity contribution in [2.75, 3.05) is 26.4 Å². The van der Waals surface area contributed by atoms with Crippen LogP contribution in [-0.2, 0) is 42.2 Å². The predicted molar refractivity (Wildman–Crippen MR) is 298 cm³/mol. The molecule has 2 N–H and O–H groups in total. The molecule has 0 amide bonds. The van der Waals surface area contributed by atoms with E-state index in [0.29, 0.717) is 19.3 Å². The molecule has 0 radical (unpaired) electrons. The van der Waals surface area contributed by atoms with Crippen molar-refractivity contribution in [3.05, 3.63) is 36.5 Å². The molecule has 0 saturated heterocycles. The Balaban J connectivity index is 4.70. The number of unbranched alkanes of at least 4 members (excludes halogenated alkanes) is 33. The van der Waals surface area contributed by atoms with Crippen LogP contribution in [0.25, 0.3) is 0 Å². The van der Waals surface area contributed by atoms with E-state index in [4.69, 9.17) is 23.3 Å². The van der Waals surface area contributed by atoms with Crippen LogP contribution in [0.2, 0.25) is 0 Å². The largest absolute Gasteiger partial charge is 0.472 e. The summed E-state index contributed by atoms with van der Waals surface area (Å²) in [5.74, 6) is -1.46. The molecule has 0 fully saturated rings. The Morgan fingerprint density at radius 3 is 1.07 bits per heavy atom. The summed E-state index contributed by atoms with van der Waals surface area (Å²) in [6, 6.07) is 0. The van der Waals surface area contributed by atoms with Gasteiger partial charge in [-0.05, 0) is 57.8 Å². The number of hydrogen-bond donors (Lipinski definition) is 2. The standard InChI is InChI=1S/C60H111O11P/c1-4-7-10-13-16-19-22-24-26-27-28-29-31-32-35-37-40-43-46-49-58(62)67-53-57(71-60(64)51-48-45-42-39-36-33-30-25-23-20-17-14-11-8-5-2)55-69-72(65,66)68-54-56(52-61)70-59(63)50-47-44-41-38-34-21-18-15-12-9-6-3/h16,19,24,26,28-29,56-57,61H,4-15,17-18,20-23,25,27,30-55H2,1-3H3,(H,65,66)/b19-16-,26-24-,29-28-. The van der Waals surface area contributed by atoms with Crippen LogP contribution in [0.5, 0.6) is 0 Å². The maximum absolute atomic E-state index is 12.9. The summed E-state index contributed by atoms with van der Waals surface area (Å²) in [5.41, 5.74) is 0. The summed E-state index contributed by atoms with van der Waals surface area (Å²) in [7, 11) is -4.74.